The summed E-state index contributed by atoms with van der Waals surface area (Å²) in [5.41, 5.74) is 0. The minimum absolute atomic E-state index is 0.350. The van der Waals surface area contributed by atoms with E-state index in [-0.39, 0.29) is 5.21 Å². The van der Waals surface area contributed by atoms with Gasteiger partial charge in [-0.25, -0.2) is 13.1 Å². The number of alkyl halides is 1. The maximum absolute atomic E-state index is 11.1. The van der Waals surface area contributed by atoms with Crippen LogP contribution in [0.25, 0.3) is 0 Å². The fourth-order valence-electron chi connectivity index (χ4n) is 1.65. The first kappa shape index (κ1) is 12.2. The molecule has 0 amide bonds. The molecule has 1 atom stereocenters. The lowest BCUT2D eigenvalue weighted by Gasteiger charge is -2.13. The molecule has 0 aromatic heterocycles. The Hall–Kier alpha value is 0.160. The van der Waals surface area contributed by atoms with Crippen molar-refractivity contribution in [1.29, 1.82) is 0 Å². The average Bonchev–Trinajstić information content (AvgIpc) is 2.63. The zero-order valence-electron chi connectivity index (χ0n) is 8.37. The van der Waals surface area contributed by atoms with E-state index in [0.717, 1.165) is 26.1 Å². The van der Waals surface area contributed by atoms with Crippen molar-refractivity contribution < 1.29 is 8.42 Å². The monoisotopic (exact) mass is 240 g/mol. The van der Waals surface area contributed by atoms with Gasteiger partial charge in [-0.15, -0.1) is 11.6 Å². The minimum Gasteiger partial charge on any atom is -0.303 e. The number of rotatable bonds is 5. The molecule has 1 heterocycles. The number of hydrogen-bond donors (Lipinski definition) is 1. The third-order valence-electron chi connectivity index (χ3n) is 2.55. The summed E-state index contributed by atoms with van der Waals surface area (Å²) in [5.74, 6) is 0.438. The zero-order chi connectivity index (χ0) is 10.6. The van der Waals surface area contributed by atoms with Gasteiger partial charge in [-0.05, 0) is 25.4 Å². The SMILES string of the molecule is CCN1CCC(CNS(=O)(=O)CCl)C1. The molecule has 0 bridgehead atoms. The Bertz CT molecular complexity index is 269. The summed E-state index contributed by atoms with van der Waals surface area (Å²) in [6, 6.07) is 0. The second-order valence-electron chi connectivity index (χ2n) is 3.62. The van der Waals surface area contributed by atoms with E-state index in [0.29, 0.717) is 12.5 Å². The van der Waals surface area contributed by atoms with Crippen LogP contribution in [0.4, 0.5) is 0 Å². The Labute approximate surface area is 90.7 Å². The lowest BCUT2D eigenvalue weighted by molar-refractivity contribution is 0.342. The molecule has 0 radical (unpaired) electrons. The van der Waals surface area contributed by atoms with Gasteiger partial charge in [-0.3, -0.25) is 0 Å². The molecule has 84 valence electrons. The van der Waals surface area contributed by atoms with Crippen LogP contribution < -0.4 is 4.72 Å². The number of sulfonamides is 1. The first-order valence-electron chi connectivity index (χ1n) is 4.83. The molecule has 0 saturated carbocycles. The highest BCUT2D eigenvalue weighted by atomic mass is 35.5. The van der Waals surface area contributed by atoms with Crippen molar-refractivity contribution in [3.05, 3.63) is 0 Å². The number of halogens is 1. The van der Waals surface area contributed by atoms with Gasteiger partial charge in [0.15, 0.2) is 0 Å². The summed E-state index contributed by atoms with van der Waals surface area (Å²) >= 11 is 5.27. The third-order valence-corrected chi connectivity index (χ3v) is 4.31. The zero-order valence-corrected chi connectivity index (χ0v) is 9.94. The summed E-state index contributed by atoms with van der Waals surface area (Å²) in [5, 5.41) is -0.350. The van der Waals surface area contributed by atoms with Gasteiger partial charge in [0.25, 0.3) is 0 Å². The van der Waals surface area contributed by atoms with Gasteiger partial charge in [0.2, 0.25) is 10.0 Å². The number of nitrogens with one attached hydrogen (secondary N) is 1. The molecular weight excluding hydrogens is 224 g/mol. The molecule has 1 N–H and O–H groups in total. The summed E-state index contributed by atoms with van der Waals surface area (Å²) in [4.78, 5) is 2.32. The first-order chi connectivity index (χ1) is 6.57. The topological polar surface area (TPSA) is 49.4 Å². The second-order valence-corrected chi connectivity index (χ2v) is 6.01. The van der Waals surface area contributed by atoms with Crippen molar-refractivity contribution in [2.75, 3.05) is 31.4 Å². The van der Waals surface area contributed by atoms with Gasteiger partial charge in [-0.2, -0.15) is 0 Å². The number of hydrogen-bond acceptors (Lipinski definition) is 3. The third kappa shape index (κ3) is 3.73. The normalized spacial score (nSPS) is 24.3. The molecule has 0 aliphatic carbocycles. The lowest BCUT2D eigenvalue weighted by Crippen LogP contribution is -2.31. The van der Waals surface area contributed by atoms with Crippen LogP contribution in [0.15, 0.2) is 0 Å². The Morgan fingerprint density at radius 2 is 2.29 bits per heavy atom. The van der Waals surface area contributed by atoms with E-state index in [4.69, 9.17) is 11.6 Å². The largest absolute Gasteiger partial charge is 0.303 e. The first-order valence-corrected chi connectivity index (χ1v) is 7.01. The summed E-state index contributed by atoms with van der Waals surface area (Å²) < 4.78 is 24.6. The standard InChI is InChI=1S/C8H17ClN2O2S/c1-2-11-4-3-8(6-11)5-10-14(12,13)7-9/h8,10H,2-7H2,1H3. The maximum atomic E-state index is 11.1. The van der Waals surface area contributed by atoms with Crippen LogP contribution in [0.2, 0.25) is 0 Å². The number of likely N-dealkylation sites (tertiary alicyclic amines) is 1. The molecule has 1 rings (SSSR count). The van der Waals surface area contributed by atoms with Gasteiger partial charge in [0, 0.05) is 13.1 Å². The molecule has 14 heavy (non-hydrogen) atoms. The van der Waals surface area contributed by atoms with Crippen LogP contribution >= 0.6 is 11.6 Å². The molecule has 4 nitrogen and oxygen atoms in total. The van der Waals surface area contributed by atoms with E-state index in [9.17, 15) is 8.42 Å². The van der Waals surface area contributed by atoms with Crippen LogP contribution in [-0.2, 0) is 10.0 Å². The highest BCUT2D eigenvalue weighted by Gasteiger charge is 2.22. The lowest BCUT2D eigenvalue weighted by atomic mass is 10.1. The van der Waals surface area contributed by atoms with Crippen LogP contribution in [0.5, 0.6) is 0 Å². The molecule has 1 aliphatic heterocycles. The van der Waals surface area contributed by atoms with Gasteiger partial charge in [0.05, 0.1) is 0 Å². The van der Waals surface area contributed by atoms with Crippen molar-refractivity contribution in [3.8, 4) is 0 Å². The Morgan fingerprint density at radius 3 is 2.79 bits per heavy atom. The quantitative estimate of drug-likeness (QED) is 0.710. The Balaban J connectivity index is 2.27. The van der Waals surface area contributed by atoms with Gasteiger partial charge in [0.1, 0.15) is 5.21 Å². The summed E-state index contributed by atoms with van der Waals surface area (Å²) in [6.07, 6.45) is 1.07. The molecule has 0 aromatic rings. The Kier molecular flexibility index (Phi) is 4.63. The van der Waals surface area contributed by atoms with Crippen molar-refractivity contribution >= 4 is 21.6 Å². The van der Waals surface area contributed by atoms with E-state index in [1.807, 2.05) is 0 Å². The van der Waals surface area contributed by atoms with Gasteiger partial charge < -0.3 is 4.90 Å². The van der Waals surface area contributed by atoms with Crippen LogP contribution in [-0.4, -0.2) is 44.7 Å². The predicted octanol–water partition coefficient (Wildman–Crippen LogP) is 0.444. The van der Waals surface area contributed by atoms with E-state index < -0.39 is 10.0 Å². The van der Waals surface area contributed by atoms with E-state index in [1.165, 1.54) is 0 Å². The van der Waals surface area contributed by atoms with E-state index >= 15 is 0 Å². The molecule has 0 spiro atoms. The van der Waals surface area contributed by atoms with Crippen LogP contribution in [0.1, 0.15) is 13.3 Å². The predicted molar refractivity (Wildman–Crippen MR) is 57.9 cm³/mol. The fraction of sp³-hybridized carbons (Fsp3) is 1.00. The molecule has 1 saturated heterocycles. The fourth-order valence-corrected chi connectivity index (χ4v) is 2.45. The van der Waals surface area contributed by atoms with Crippen LogP contribution in [0, 0.1) is 5.92 Å². The summed E-state index contributed by atoms with van der Waals surface area (Å²) in [6.45, 7) is 5.74. The maximum Gasteiger partial charge on any atom is 0.225 e. The molecule has 1 fully saturated rings. The van der Waals surface area contributed by atoms with Crippen molar-refractivity contribution in [2.45, 2.75) is 13.3 Å². The Morgan fingerprint density at radius 1 is 1.57 bits per heavy atom. The average molecular weight is 241 g/mol. The second kappa shape index (κ2) is 5.30. The van der Waals surface area contributed by atoms with E-state index in [2.05, 4.69) is 16.5 Å². The highest BCUT2D eigenvalue weighted by Crippen LogP contribution is 2.14. The molecule has 6 heteroatoms. The highest BCUT2D eigenvalue weighted by molar-refractivity contribution is 7.90. The number of nitrogens with zero attached hydrogens (tertiary/aromatic N) is 1. The molecule has 0 aromatic carbocycles. The smallest absolute Gasteiger partial charge is 0.225 e. The van der Waals surface area contributed by atoms with Gasteiger partial charge >= 0.3 is 0 Å². The van der Waals surface area contributed by atoms with Crippen molar-refractivity contribution in [2.24, 2.45) is 5.92 Å². The minimum atomic E-state index is -3.23. The van der Waals surface area contributed by atoms with Crippen LogP contribution in [0.3, 0.4) is 0 Å². The molecule has 1 unspecified atom stereocenters. The molecular formula is C8H17ClN2O2S. The van der Waals surface area contributed by atoms with Gasteiger partial charge in [-0.1, -0.05) is 6.92 Å². The van der Waals surface area contributed by atoms with Crippen molar-refractivity contribution in [1.82, 2.24) is 9.62 Å². The molecule has 1 aliphatic rings. The summed E-state index contributed by atoms with van der Waals surface area (Å²) in [7, 11) is -3.23. The van der Waals surface area contributed by atoms with Crippen molar-refractivity contribution in [3.63, 3.8) is 0 Å². The van der Waals surface area contributed by atoms with E-state index in [1.54, 1.807) is 0 Å².